The summed E-state index contributed by atoms with van der Waals surface area (Å²) < 4.78 is 6.99. The minimum Gasteiger partial charge on any atom is -0.497 e. The van der Waals surface area contributed by atoms with Crippen LogP contribution in [-0.4, -0.2) is 35.6 Å². The lowest BCUT2D eigenvalue weighted by atomic mass is 9.87. The molecule has 0 bridgehead atoms. The quantitative estimate of drug-likeness (QED) is 0.611. The molecule has 0 fully saturated rings. The van der Waals surface area contributed by atoms with Crippen molar-refractivity contribution in [2.75, 3.05) is 20.2 Å². The van der Waals surface area contributed by atoms with Crippen molar-refractivity contribution in [2.24, 2.45) is 0 Å². The van der Waals surface area contributed by atoms with E-state index in [9.17, 15) is 9.59 Å². The molecule has 160 valence electrons. The van der Waals surface area contributed by atoms with Crippen molar-refractivity contribution >= 4 is 16.8 Å². The van der Waals surface area contributed by atoms with Gasteiger partial charge in [-0.25, -0.2) is 0 Å². The van der Waals surface area contributed by atoms with E-state index in [4.69, 9.17) is 4.74 Å². The molecule has 0 saturated heterocycles. The molecule has 1 heterocycles. The monoisotopic (exact) mass is 400 g/mol. The second kappa shape index (κ2) is 9.95. The lowest BCUT2D eigenvalue weighted by Crippen LogP contribution is -2.39. The highest BCUT2D eigenvalue weighted by Crippen LogP contribution is 2.25. The fraction of sp³-hybridized carbons (Fsp3) is 0.583. The molecule has 1 aromatic carbocycles. The molecule has 2 rings (SSSR count). The number of fused-ring (bicyclic) bond motifs is 1. The number of amides is 1. The third kappa shape index (κ3) is 5.62. The first-order valence-corrected chi connectivity index (χ1v) is 10.7. The van der Waals surface area contributed by atoms with Gasteiger partial charge in [0.2, 0.25) is 5.91 Å². The number of rotatable bonds is 9. The van der Waals surface area contributed by atoms with Crippen LogP contribution in [0.25, 0.3) is 10.9 Å². The first-order chi connectivity index (χ1) is 13.7. The van der Waals surface area contributed by atoms with E-state index >= 15 is 0 Å². The average Bonchev–Trinajstić information content (AvgIpc) is 2.68. The first kappa shape index (κ1) is 23.0. The minimum atomic E-state index is -0.305. The molecule has 29 heavy (non-hydrogen) atoms. The van der Waals surface area contributed by atoms with Gasteiger partial charge < -0.3 is 9.64 Å². The summed E-state index contributed by atoms with van der Waals surface area (Å²) in [5.74, 6) is 0.680. The highest BCUT2D eigenvalue weighted by atomic mass is 16.5. The number of nitrogens with zero attached hydrogens (tertiary/aromatic N) is 2. The van der Waals surface area contributed by atoms with Gasteiger partial charge in [-0.2, -0.15) is 0 Å². The van der Waals surface area contributed by atoms with Crippen LogP contribution in [0.5, 0.6) is 5.75 Å². The largest absolute Gasteiger partial charge is 0.497 e. The van der Waals surface area contributed by atoms with Gasteiger partial charge in [-0.05, 0) is 41.8 Å². The van der Waals surface area contributed by atoms with Crippen molar-refractivity contribution in [3.8, 4) is 5.75 Å². The Morgan fingerprint density at radius 3 is 2.21 bits per heavy atom. The zero-order chi connectivity index (χ0) is 21.6. The van der Waals surface area contributed by atoms with E-state index in [1.807, 2.05) is 49.9 Å². The van der Waals surface area contributed by atoms with Crippen molar-refractivity contribution in [1.82, 2.24) is 9.47 Å². The summed E-state index contributed by atoms with van der Waals surface area (Å²) in [7, 11) is 1.61. The summed E-state index contributed by atoms with van der Waals surface area (Å²) in [5, 5.41) is 0.941. The van der Waals surface area contributed by atoms with Gasteiger partial charge in [0.05, 0.1) is 12.6 Å². The number of aromatic nitrogens is 1. The highest BCUT2D eigenvalue weighted by molar-refractivity contribution is 5.84. The normalized spacial score (nSPS) is 11.7. The summed E-state index contributed by atoms with van der Waals surface area (Å²) in [6.45, 7) is 11.9. The van der Waals surface area contributed by atoms with Gasteiger partial charge in [-0.1, -0.05) is 47.5 Å². The molecular formula is C24H36N2O3. The molecule has 1 amide bonds. The lowest BCUT2D eigenvalue weighted by Gasteiger charge is -2.25. The van der Waals surface area contributed by atoms with Crippen LogP contribution in [-0.2, 0) is 16.8 Å². The maximum absolute atomic E-state index is 13.4. The number of ether oxygens (including phenoxy) is 1. The van der Waals surface area contributed by atoms with E-state index in [1.54, 1.807) is 11.7 Å². The Bertz CT molecular complexity index is 885. The molecule has 0 aliphatic carbocycles. The highest BCUT2D eigenvalue weighted by Gasteiger charge is 2.23. The molecule has 5 heteroatoms. The van der Waals surface area contributed by atoms with E-state index in [1.165, 1.54) is 0 Å². The molecule has 0 atom stereocenters. The zero-order valence-electron chi connectivity index (χ0n) is 18.9. The topological polar surface area (TPSA) is 51.5 Å². The second-order valence-corrected chi connectivity index (χ2v) is 8.71. The van der Waals surface area contributed by atoms with E-state index in [2.05, 4.69) is 13.8 Å². The third-order valence-corrected chi connectivity index (χ3v) is 5.32. The molecule has 0 spiro atoms. The Balaban J connectivity index is 2.54. The van der Waals surface area contributed by atoms with Crippen molar-refractivity contribution in [3.05, 3.63) is 40.2 Å². The zero-order valence-corrected chi connectivity index (χ0v) is 18.9. The SMILES string of the molecule is CCCCN(CCCC)C(=O)Cn1c(=O)c(C(C)(C)C)cc2ccc(OC)cc21. The van der Waals surface area contributed by atoms with E-state index < -0.39 is 0 Å². The maximum Gasteiger partial charge on any atom is 0.255 e. The Hall–Kier alpha value is -2.30. The number of benzene rings is 1. The summed E-state index contributed by atoms with van der Waals surface area (Å²) in [5.41, 5.74) is 1.05. The van der Waals surface area contributed by atoms with Crippen molar-refractivity contribution < 1.29 is 9.53 Å². The molecule has 0 saturated carbocycles. The predicted octanol–water partition coefficient (Wildman–Crippen LogP) is 4.74. The number of hydrogen-bond donors (Lipinski definition) is 0. The van der Waals surface area contributed by atoms with E-state index in [0.29, 0.717) is 5.75 Å². The molecule has 0 N–H and O–H groups in total. The van der Waals surface area contributed by atoms with Crippen molar-refractivity contribution in [3.63, 3.8) is 0 Å². The van der Waals surface area contributed by atoms with Gasteiger partial charge in [-0.3, -0.25) is 14.2 Å². The van der Waals surface area contributed by atoms with Crippen LogP contribution in [0, 0.1) is 0 Å². The number of carbonyl (C=O) groups excluding carboxylic acids is 1. The third-order valence-electron chi connectivity index (χ3n) is 5.32. The van der Waals surface area contributed by atoms with Gasteiger partial charge in [0.15, 0.2) is 0 Å². The predicted molar refractivity (Wildman–Crippen MR) is 120 cm³/mol. The number of carbonyl (C=O) groups is 1. The molecule has 2 aromatic rings. The van der Waals surface area contributed by atoms with Crippen LogP contribution in [0.1, 0.15) is 65.9 Å². The van der Waals surface area contributed by atoms with Gasteiger partial charge in [0, 0.05) is 24.7 Å². The van der Waals surface area contributed by atoms with E-state index in [0.717, 1.165) is 55.2 Å². The van der Waals surface area contributed by atoms with Gasteiger partial charge in [0.25, 0.3) is 5.56 Å². The van der Waals surface area contributed by atoms with Crippen LogP contribution in [0.3, 0.4) is 0 Å². The Morgan fingerprint density at radius 1 is 1.07 bits per heavy atom. The van der Waals surface area contributed by atoms with Gasteiger partial charge in [-0.15, -0.1) is 0 Å². The number of methoxy groups -OCH3 is 1. The van der Waals surface area contributed by atoms with Crippen LogP contribution >= 0.6 is 0 Å². The van der Waals surface area contributed by atoms with Crippen LogP contribution in [0.15, 0.2) is 29.1 Å². The molecule has 1 aromatic heterocycles. The van der Waals surface area contributed by atoms with Gasteiger partial charge in [0.1, 0.15) is 12.3 Å². The molecule has 0 unspecified atom stereocenters. The first-order valence-electron chi connectivity index (χ1n) is 10.7. The molecular weight excluding hydrogens is 364 g/mol. The van der Waals surface area contributed by atoms with Crippen LogP contribution in [0.2, 0.25) is 0 Å². The standard InChI is InChI=1S/C24H36N2O3/c1-7-9-13-25(14-10-8-2)22(27)17-26-21-16-19(29-6)12-11-18(21)15-20(23(26)28)24(3,4)5/h11-12,15-16H,7-10,13-14,17H2,1-6H3. The van der Waals surface area contributed by atoms with Crippen LogP contribution < -0.4 is 10.3 Å². The van der Waals surface area contributed by atoms with Crippen molar-refractivity contribution in [1.29, 1.82) is 0 Å². The number of unbranched alkanes of at least 4 members (excludes halogenated alkanes) is 2. The Kier molecular flexibility index (Phi) is 7.88. The van der Waals surface area contributed by atoms with Crippen molar-refractivity contribution in [2.45, 2.75) is 72.3 Å². The maximum atomic E-state index is 13.4. The van der Waals surface area contributed by atoms with E-state index in [-0.39, 0.29) is 23.4 Å². The van der Waals surface area contributed by atoms with Gasteiger partial charge >= 0.3 is 0 Å². The summed E-state index contributed by atoms with van der Waals surface area (Å²) in [6.07, 6.45) is 4.02. The summed E-state index contributed by atoms with van der Waals surface area (Å²) in [6, 6.07) is 7.64. The minimum absolute atomic E-state index is 0.00387. The number of hydrogen-bond acceptors (Lipinski definition) is 3. The summed E-state index contributed by atoms with van der Waals surface area (Å²) >= 11 is 0. The smallest absolute Gasteiger partial charge is 0.255 e. The second-order valence-electron chi connectivity index (χ2n) is 8.71. The molecule has 5 nitrogen and oxygen atoms in total. The molecule has 0 aliphatic heterocycles. The number of pyridine rings is 1. The Labute approximate surface area is 174 Å². The molecule has 0 aliphatic rings. The Morgan fingerprint density at radius 2 is 1.69 bits per heavy atom. The summed E-state index contributed by atoms with van der Waals surface area (Å²) in [4.78, 5) is 28.4. The fourth-order valence-corrected chi connectivity index (χ4v) is 3.47. The lowest BCUT2D eigenvalue weighted by molar-refractivity contribution is -0.132. The average molecular weight is 401 g/mol. The fourth-order valence-electron chi connectivity index (χ4n) is 3.47. The van der Waals surface area contributed by atoms with Crippen LogP contribution in [0.4, 0.5) is 0 Å². The molecule has 0 radical (unpaired) electrons.